The van der Waals surface area contributed by atoms with Crippen molar-refractivity contribution in [1.29, 1.82) is 0 Å². The van der Waals surface area contributed by atoms with E-state index in [9.17, 15) is 84.2 Å². The fourth-order valence-electron chi connectivity index (χ4n) is 2.48. The molecule has 0 N–H and O–H groups in total. The summed E-state index contributed by atoms with van der Waals surface area (Å²) in [5, 5.41) is -3.09. The Kier molecular flexibility index (Phi) is 9.23. The first-order valence-electron chi connectivity index (χ1n) is 9.06. The Morgan fingerprint density at radius 1 is 0.650 bits per heavy atom. The predicted molar refractivity (Wildman–Crippen MR) is 97.2 cm³/mol. The fraction of sp³-hybridized carbons (Fsp3) is 0.444. The number of hydrogen-bond donors (Lipinski definition) is 0. The molecule has 0 aliphatic rings. The van der Waals surface area contributed by atoms with Gasteiger partial charge in [0, 0.05) is 16.7 Å². The highest BCUT2D eigenvalue weighted by Gasteiger charge is 2.93. The van der Waals surface area contributed by atoms with Crippen LogP contribution in [0.2, 0.25) is 0 Å². The molecule has 0 bridgehead atoms. The SMILES string of the molecule is Cc1c(OC(F)=C(F)C(F)(F)C(F)(F)C(F)(F)C(F)(F)C(F)(F)C(F)(F)C(F)(F)F)cc(C(=O)Cl)cc1C(=O)Cl. The minimum Gasteiger partial charge on any atom is -0.429 e. The van der Waals surface area contributed by atoms with Crippen LogP contribution >= 0.6 is 23.2 Å². The number of ether oxygens (including phenoxy) is 1. The second-order valence-electron chi connectivity index (χ2n) is 7.33. The van der Waals surface area contributed by atoms with Crippen LogP contribution in [0.1, 0.15) is 26.3 Å². The third kappa shape index (κ3) is 5.27. The van der Waals surface area contributed by atoms with E-state index in [1.807, 2.05) is 0 Å². The van der Waals surface area contributed by atoms with Gasteiger partial charge in [-0.25, -0.2) is 0 Å². The van der Waals surface area contributed by atoms with Crippen molar-refractivity contribution < 1.29 is 89.0 Å². The van der Waals surface area contributed by atoms with Gasteiger partial charge in [0.15, 0.2) is 0 Å². The van der Waals surface area contributed by atoms with Crippen molar-refractivity contribution in [1.82, 2.24) is 0 Å². The van der Waals surface area contributed by atoms with Crippen LogP contribution < -0.4 is 4.74 Å². The number of allylic oxidation sites excluding steroid dienone is 1. The number of rotatable bonds is 10. The Hall–Kier alpha value is -2.51. The lowest BCUT2D eigenvalue weighted by atomic mass is 9.91. The lowest BCUT2D eigenvalue weighted by Crippen LogP contribution is -2.72. The third-order valence-corrected chi connectivity index (χ3v) is 5.20. The molecule has 0 aromatic heterocycles. The van der Waals surface area contributed by atoms with Crippen molar-refractivity contribution in [3.8, 4) is 5.75 Å². The summed E-state index contributed by atoms with van der Waals surface area (Å²) in [6.07, 6.45) is -7.85. The first kappa shape index (κ1) is 35.5. The zero-order valence-corrected chi connectivity index (χ0v) is 19.6. The number of hydrogen-bond acceptors (Lipinski definition) is 3. The van der Waals surface area contributed by atoms with Gasteiger partial charge in [-0.05, 0) is 42.3 Å². The van der Waals surface area contributed by atoms with Crippen molar-refractivity contribution in [2.45, 2.75) is 48.6 Å². The molecule has 1 aromatic rings. The zero-order chi connectivity index (χ0) is 32.2. The van der Waals surface area contributed by atoms with Gasteiger partial charge in [-0.3, -0.25) is 9.59 Å². The standard InChI is InChI=1S/C18H5Cl2F17O3/c1-4-6(10(20)39)2-5(9(19)38)3-7(4)40-11(22)8(21)12(23,24)13(25,26)14(27,28)15(29,30)16(31,32)17(33,34)18(35,36)37/h2-3H,1H3. The Morgan fingerprint density at radius 3 is 1.43 bits per heavy atom. The molecule has 0 spiro atoms. The van der Waals surface area contributed by atoms with Gasteiger partial charge in [-0.2, -0.15) is 74.6 Å². The molecule has 0 fully saturated rings. The van der Waals surface area contributed by atoms with E-state index in [0.29, 0.717) is 13.0 Å². The van der Waals surface area contributed by atoms with E-state index >= 15 is 0 Å². The smallest absolute Gasteiger partial charge is 0.429 e. The van der Waals surface area contributed by atoms with Gasteiger partial charge in [0.25, 0.3) is 10.5 Å². The van der Waals surface area contributed by atoms with E-state index in [4.69, 9.17) is 23.2 Å². The first-order chi connectivity index (χ1) is 17.4. The number of carbonyl (C=O) groups is 2. The molecule has 40 heavy (non-hydrogen) atoms. The average Bonchev–Trinajstić information content (AvgIpc) is 2.77. The van der Waals surface area contributed by atoms with E-state index in [0.717, 1.165) is 0 Å². The second kappa shape index (κ2) is 10.4. The van der Waals surface area contributed by atoms with Crippen LogP contribution in [-0.2, 0) is 0 Å². The summed E-state index contributed by atoms with van der Waals surface area (Å²) in [7, 11) is 0. The predicted octanol–water partition coefficient (Wildman–Crippen LogP) is 8.61. The Labute approximate surface area is 218 Å². The Balaban J connectivity index is 3.76. The lowest BCUT2D eigenvalue weighted by molar-refractivity contribution is -0.451. The summed E-state index contributed by atoms with van der Waals surface area (Å²) < 4.78 is 230. The van der Waals surface area contributed by atoms with Gasteiger partial charge in [0.2, 0.25) is 5.83 Å². The second-order valence-corrected chi connectivity index (χ2v) is 8.01. The molecule has 1 rings (SSSR count). The van der Waals surface area contributed by atoms with Gasteiger partial charge < -0.3 is 4.74 Å². The van der Waals surface area contributed by atoms with Gasteiger partial charge >= 0.3 is 47.7 Å². The van der Waals surface area contributed by atoms with Crippen molar-refractivity contribution in [3.05, 3.63) is 40.7 Å². The zero-order valence-electron chi connectivity index (χ0n) is 18.1. The van der Waals surface area contributed by atoms with Crippen LogP contribution in [0.5, 0.6) is 5.75 Å². The van der Waals surface area contributed by atoms with Crippen molar-refractivity contribution in [2.24, 2.45) is 0 Å². The van der Waals surface area contributed by atoms with E-state index in [-0.39, 0.29) is 6.07 Å². The van der Waals surface area contributed by atoms with Crippen molar-refractivity contribution >= 4 is 33.7 Å². The minimum absolute atomic E-state index is 0.180. The topological polar surface area (TPSA) is 43.4 Å². The largest absolute Gasteiger partial charge is 0.460 e. The summed E-state index contributed by atoms with van der Waals surface area (Å²) in [6, 6.07) is -3.06. The number of alkyl halides is 15. The summed E-state index contributed by atoms with van der Waals surface area (Å²) in [6.45, 7) is 0.670. The minimum atomic E-state index is -8.73. The molecule has 0 saturated heterocycles. The summed E-state index contributed by atoms with van der Waals surface area (Å²) in [5.41, 5.74) is -2.63. The molecule has 0 amide bonds. The molecule has 0 unspecified atom stereocenters. The molecule has 0 aliphatic carbocycles. The molecule has 0 heterocycles. The van der Waals surface area contributed by atoms with Crippen molar-refractivity contribution in [2.75, 3.05) is 0 Å². The summed E-state index contributed by atoms with van der Waals surface area (Å²) in [5.74, 6) is -56.5. The van der Waals surface area contributed by atoms with Gasteiger partial charge in [0.05, 0.1) is 0 Å². The highest BCUT2D eigenvalue weighted by Crippen LogP contribution is 2.63. The highest BCUT2D eigenvalue weighted by molar-refractivity contribution is 6.69. The summed E-state index contributed by atoms with van der Waals surface area (Å²) in [4.78, 5) is 22.6. The maximum Gasteiger partial charge on any atom is 0.460 e. The molecule has 228 valence electrons. The normalized spacial score (nSPS) is 15.1. The lowest BCUT2D eigenvalue weighted by Gasteiger charge is -2.41. The molecular weight excluding hydrogens is 658 g/mol. The number of benzene rings is 1. The maximum atomic E-state index is 14.0. The molecule has 0 atom stereocenters. The van der Waals surface area contributed by atoms with Crippen LogP contribution in [0.3, 0.4) is 0 Å². The van der Waals surface area contributed by atoms with E-state index < -0.39 is 86.5 Å². The molecule has 3 nitrogen and oxygen atoms in total. The van der Waals surface area contributed by atoms with E-state index in [1.54, 1.807) is 0 Å². The van der Waals surface area contributed by atoms with Crippen molar-refractivity contribution in [3.63, 3.8) is 0 Å². The molecular formula is C18H5Cl2F17O3. The first-order valence-corrected chi connectivity index (χ1v) is 9.82. The van der Waals surface area contributed by atoms with Crippen LogP contribution in [0.4, 0.5) is 74.6 Å². The highest BCUT2D eigenvalue weighted by atomic mass is 35.5. The molecule has 0 radical (unpaired) electrons. The molecule has 1 aromatic carbocycles. The van der Waals surface area contributed by atoms with Crippen LogP contribution in [-0.4, -0.2) is 52.2 Å². The number of carbonyl (C=O) groups excluding carboxylic acids is 2. The third-order valence-electron chi connectivity index (χ3n) is 4.77. The Morgan fingerprint density at radius 2 is 1.05 bits per heavy atom. The van der Waals surface area contributed by atoms with E-state index in [1.165, 1.54) is 0 Å². The fourth-order valence-corrected chi connectivity index (χ4v) is 2.79. The van der Waals surface area contributed by atoms with Gasteiger partial charge in [0.1, 0.15) is 5.75 Å². The molecule has 0 saturated carbocycles. The van der Waals surface area contributed by atoms with Crippen LogP contribution in [0.15, 0.2) is 24.0 Å². The summed E-state index contributed by atoms with van der Waals surface area (Å²) >= 11 is 10.1. The quantitative estimate of drug-likeness (QED) is 0.143. The number of halogens is 19. The van der Waals surface area contributed by atoms with Crippen LogP contribution in [0.25, 0.3) is 0 Å². The van der Waals surface area contributed by atoms with Gasteiger partial charge in [-0.1, -0.05) is 0 Å². The molecule has 22 heteroatoms. The van der Waals surface area contributed by atoms with Crippen LogP contribution in [0, 0.1) is 6.92 Å². The average molecular weight is 663 g/mol. The van der Waals surface area contributed by atoms with Gasteiger partial charge in [-0.15, -0.1) is 0 Å². The van der Waals surface area contributed by atoms with E-state index in [2.05, 4.69) is 4.74 Å². The molecule has 0 aliphatic heterocycles. The monoisotopic (exact) mass is 662 g/mol. The maximum absolute atomic E-state index is 14.0. The Bertz CT molecular complexity index is 1220.